The number of hydrogen-bond acceptors (Lipinski definition) is 7. The SMILES string of the molecule is CCN=C1N[C@@H]2[C@@H](CS(=O)(=O)O)[C@@H](O)[C@@H](CO)O[C@@H]2S1. The molecule has 2 saturated heterocycles. The van der Waals surface area contributed by atoms with E-state index in [4.69, 9.17) is 9.29 Å². The molecule has 0 unspecified atom stereocenters. The third-order valence-electron chi connectivity index (χ3n) is 3.29. The first kappa shape index (κ1) is 16.0. The number of thioether (sulfide) groups is 1. The minimum atomic E-state index is -4.24. The summed E-state index contributed by atoms with van der Waals surface area (Å²) in [5.74, 6) is -1.37. The summed E-state index contributed by atoms with van der Waals surface area (Å²) in [6.45, 7) is 2.00. The number of ether oxygens (including phenoxy) is 1. The number of amidine groups is 1. The molecule has 8 nitrogen and oxygen atoms in total. The molecule has 2 aliphatic rings. The van der Waals surface area contributed by atoms with Crippen LogP contribution in [-0.4, -0.2) is 70.9 Å². The largest absolute Gasteiger partial charge is 0.394 e. The third kappa shape index (κ3) is 3.43. The molecule has 0 bridgehead atoms. The molecule has 5 atom stereocenters. The average Bonchev–Trinajstić information content (AvgIpc) is 2.74. The molecular weight excluding hydrogens is 308 g/mol. The van der Waals surface area contributed by atoms with Gasteiger partial charge in [0.15, 0.2) is 5.17 Å². The van der Waals surface area contributed by atoms with E-state index < -0.39 is 52.1 Å². The quantitative estimate of drug-likeness (QED) is 0.467. The number of aliphatic hydroxyl groups is 2. The lowest BCUT2D eigenvalue weighted by molar-refractivity contribution is -0.138. The van der Waals surface area contributed by atoms with Crippen LogP contribution in [0, 0.1) is 5.92 Å². The summed E-state index contributed by atoms with van der Waals surface area (Å²) in [5.41, 5.74) is -0.451. The second-order valence-corrected chi connectivity index (χ2v) is 7.28. The van der Waals surface area contributed by atoms with Crippen LogP contribution in [0.25, 0.3) is 0 Å². The van der Waals surface area contributed by atoms with Gasteiger partial charge in [0.1, 0.15) is 11.5 Å². The topological polar surface area (TPSA) is 128 Å². The van der Waals surface area contributed by atoms with E-state index in [9.17, 15) is 18.6 Å². The van der Waals surface area contributed by atoms with Gasteiger partial charge in [-0.2, -0.15) is 8.42 Å². The third-order valence-corrected chi connectivity index (χ3v) is 5.20. The number of nitrogens with zero attached hydrogens (tertiary/aromatic N) is 1. The minimum absolute atomic E-state index is 0.423. The van der Waals surface area contributed by atoms with Crippen molar-refractivity contribution in [3.05, 3.63) is 0 Å². The van der Waals surface area contributed by atoms with E-state index in [0.717, 1.165) is 0 Å². The van der Waals surface area contributed by atoms with Crippen LogP contribution in [0.2, 0.25) is 0 Å². The predicted molar refractivity (Wildman–Crippen MR) is 74.1 cm³/mol. The van der Waals surface area contributed by atoms with Gasteiger partial charge in [-0.15, -0.1) is 0 Å². The average molecular weight is 326 g/mol. The smallest absolute Gasteiger partial charge is 0.265 e. The molecule has 2 heterocycles. The van der Waals surface area contributed by atoms with Gasteiger partial charge in [-0.25, -0.2) is 0 Å². The monoisotopic (exact) mass is 326 g/mol. The van der Waals surface area contributed by atoms with Crippen LogP contribution >= 0.6 is 11.8 Å². The highest BCUT2D eigenvalue weighted by atomic mass is 32.2. The van der Waals surface area contributed by atoms with Crippen LogP contribution in [0.1, 0.15) is 6.92 Å². The van der Waals surface area contributed by atoms with Gasteiger partial charge in [-0.1, -0.05) is 11.8 Å². The summed E-state index contributed by atoms with van der Waals surface area (Å²) in [4.78, 5) is 4.19. The van der Waals surface area contributed by atoms with Crippen LogP contribution < -0.4 is 5.32 Å². The predicted octanol–water partition coefficient (Wildman–Crippen LogP) is -1.35. The highest BCUT2D eigenvalue weighted by Gasteiger charge is 2.50. The second kappa shape index (κ2) is 6.16. The zero-order valence-corrected chi connectivity index (χ0v) is 12.5. The number of hydrogen-bond donors (Lipinski definition) is 4. The molecule has 4 N–H and O–H groups in total. The molecule has 0 amide bonds. The van der Waals surface area contributed by atoms with E-state index in [1.165, 1.54) is 11.8 Å². The molecular formula is C10H18N2O6S2. The number of fused-ring (bicyclic) bond motifs is 1. The molecule has 0 aromatic rings. The Morgan fingerprint density at radius 2 is 2.20 bits per heavy atom. The van der Waals surface area contributed by atoms with E-state index in [1.54, 1.807) is 0 Å². The van der Waals surface area contributed by atoms with E-state index >= 15 is 0 Å². The van der Waals surface area contributed by atoms with Crippen molar-refractivity contribution in [3.8, 4) is 0 Å². The van der Waals surface area contributed by atoms with Gasteiger partial charge in [-0.05, 0) is 6.92 Å². The van der Waals surface area contributed by atoms with Gasteiger partial charge in [-0.3, -0.25) is 9.55 Å². The molecule has 0 aliphatic carbocycles. The standard InChI is InChI=1S/C10H18N2O6S2/c1-2-11-10-12-7-5(4-20(15,16)17)8(14)6(3-13)18-9(7)19-10/h5-9,13-14H,2-4H2,1H3,(H,11,12)(H,15,16,17)/t5-,6-,7-,8-,9-/m1/s1. The van der Waals surface area contributed by atoms with E-state index in [2.05, 4.69) is 10.3 Å². The summed E-state index contributed by atoms with van der Waals surface area (Å²) in [6.07, 6.45) is -2.06. The van der Waals surface area contributed by atoms with Gasteiger partial charge in [0, 0.05) is 12.5 Å². The van der Waals surface area contributed by atoms with Gasteiger partial charge in [0.25, 0.3) is 10.1 Å². The second-order valence-electron chi connectivity index (χ2n) is 4.70. The summed E-state index contributed by atoms with van der Waals surface area (Å²) in [6, 6.07) is -0.481. The van der Waals surface area contributed by atoms with Crippen molar-refractivity contribution in [1.82, 2.24) is 5.32 Å². The minimum Gasteiger partial charge on any atom is -0.394 e. The number of aliphatic hydroxyl groups excluding tert-OH is 2. The Hall–Kier alpha value is -0.390. The van der Waals surface area contributed by atoms with Crippen LogP contribution in [0.3, 0.4) is 0 Å². The first-order valence-corrected chi connectivity index (χ1v) is 8.71. The fourth-order valence-electron chi connectivity index (χ4n) is 2.41. The van der Waals surface area contributed by atoms with Crippen molar-refractivity contribution in [1.29, 1.82) is 0 Å². The van der Waals surface area contributed by atoms with Crippen molar-refractivity contribution in [2.24, 2.45) is 10.9 Å². The molecule has 2 aliphatic heterocycles. The molecule has 2 fully saturated rings. The van der Waals surface area contributed by atoms with E-state index in [1.807, 2.05) is 6.92 Å². The van der Waals surface area contributed by atoms with Gasteiger partial charge in [0.05, 0.1) is 24.5 Å². The Bertz CT molecular complexity index is 482. The Balaban J connectivity index is 2.23. The number of nitrogens with one attached hydrogen (secondary N) is 1. The Kier molecular flexibility index (Phi) is 4.92. The first-order chi connectivity index (χ1) is 9.35. The van der Waals surface area contributed by atoms with Crippen LogP contribution in [0.4, 0.5) is 0 Å². The zero-order chi connectivity index (χ0) is 14.9. The fraction of sp³-hybridized carbons (Fsp3) is 0.900. The van der Waals surface area contributed by atoms with Crippen molar-refractivity contribution in [2.75, 3.05) is 18.9 Å². The van der Waals surface area contributed by atoms with Gasteiger partial charge >= 0.3 is 0 Å². The van der Waals surface area contributed by atoms with Crippen LogP contribution in [0.5, 0.6) is 0 Å². The molecule has 116 valence electrons. The van der Waals surface area contributed by atoms with Crippen molar-refractivity contribution < 1.29 is 27.9 Å². The van der Waals surface area contributed by atoms with Gasteiger partial charge in [0.2, 0.25) is 0 Å². The van der Waals surface area contributed by atoms with E-state index in [-0.39, 0.29) is 0 Å². The molecule has 0 saturated carbocycles. The van der Waals surface area contributed by atoms with Crippen LogP contribution in [-0.2, 0) is 14.9 Å². The number of rotatable bonds is 4. The Morgan fingerprint density at radius 3 is 2.75 bits per heavy atom. The zero-order valence-electron chi connectivity index (χ0n) is 10.8. The molecule has 0 radical (unpaired) electrons. The fourth-order valence-corrected chi connectivity index (χ4v) is 4.55. The molecule has 20 heavy (non-hydrogen) atoms. The molecule has 2 rings (SSSR count). The maximum Gasteiger partial charge on any atom is 0.265 e. The highest BCUT2D eigenvalue weighted by molar-refractivity contribution is 8.14. The lowest BCUT2D eigenvalue weighted by atomic mass is 9.90. The molecule has 0 spiro atoms. The summed E-state index contributed by atoms with van der Waals surface area (Å²) >= 11 is 1.29. The van der Waals surface area contributed by atoms with Crippen molar-refractivity contribution in [2.45, 2.75) is 30.6 Å². The first-order valence-electron chi connectivity index (χ1n) is 6.23. The highest BCUT2D eigenvalue weighted by Crippen LogP contribution is 2.37. The summed E-state index contributed by atoms with van der Waals surface area (Å²) < 4.78 is 36.8. The van der Waals surface area contributed by atoms with E-state index in [0.29, 0.717) is 11.7 Å². The maximum atomic E-state index is 11.1. The number of aliphatic imine (C=N–C) groups is 1. The summed E-state index contributed by atoms with van der Waals surface area (Å²) in [5, 5.41) is 22.9. The molecule has 0 aromatic carbocycles. The Morgan fingerprint density at radius 1 is 1.50 bits per heavy atom. The lowest BCUT2D eigenvalue weighted by Gasteiger charge is -2.40. The lowest BCUT2D eigenvalue weighted by Crippen LogP contribution is -2.58. The normalized spacial score (nSPS) is 39.6. The maximum absolute atomic E-state index is 11.1. The summed E-state index contributed by atoms with van der Waals surface area (Å²) in [7, 11) is -4.24. The van der Waals surface area contributed by atoms with Crippen LogP contribution in [0.15, 0.2) is 4.99 Å². The Labute approximate surface area is 121 Å². The van der Waals surface area contributed by atoms with Gasteiger partial charge < -0.3 is 20.3 Å². The van der Waals surface area contributed by atoms with Crippen molar-refractivity contribution in [3.63, 3.8) is 0 Å². The van der Waals surface area contributed by atoms with Crippen molar-refractivity contribution >= 4 is 27.0 Å². The molecule has 10 heteroatoms. The molecule has 0 aromatic heterocycles.